The van der Waals surface area contributed by atoms with Crippen LogP contribution < -0.4 is 10.5 Å². The number of hydrogen-bond donors (Lipinski definition) is 1. The van der Waals surface area contributed by atoms with E-state index in [1.807, 2.05) is 19.9 Å². The van der Waals surface area contributed by atoms with Gasteiger partial charge in [0.15, 0.2) is 0 Å². The van der Waals surface area contributed by atoms with Crippen LogP contribution in [-0.4, -0.2) is 4.98 Å². The normalized spacial score (nSPS) is 10.4. The third-order valence-corrected chi connectivity index (χ3v) is 2.72. The molecule has 1 heterocycles. The van der Waals surface area contributed by atoms with E-state index in [4.69, 9.17) is 10.5 Å². The predicted molar refractivity (Wildman–Crippen MR) is 68.9 cm³/mol. The summed E-state index contributed by atoms with van der Waals surface area (Å²) >= 11 is 0. The monoisotopic (exact) mass is 246 g/mol. The molecule has 1 aromatic carbocycles. The van der Waals surface area contributed by atoms with Gasteiger partial charge in [0.2, 0.25) is 0 Å². The molecule has 0 amide bonds. The molecule has 0 aliphatic rings. The summed E-state index contributed by atoms with van der Waals surface area (Å²) in [5, 5.41) is 0. The predicted octanol–water partition coefficient (Wildman–Crippen LogP) is 3.00. The number of anilines is 1. The number of aryl methyl sites for hydroxylation is 2. The topological polar surface area (TPSA) is 48.1 Å². The van der Waals surface area contributed by atoms with Crippen LogP contribution in [0.5, 0.6) is 5.75 Å². The fourth-order valence-corrected chi connectivity index (χ4v) is 1.70. The van der Waals surface area contributed by atoms with E-state index in [2.05, 4.69) is 4.98 Å². The van der Waals surface area contributed by atoms with Crippen LogP contribution in [0.25, 0.3) is 0 Å². The van der Waals surface area contributed by atoms with E-state index in [-0.39, 0.29) is 12.4 Å². The number of nitrogen functional groups attached to an aromatic ring is 1. The van der Waals surface area contributed by atoms with Crippen molar-refractivity contribution in [2.24, 2.45) is 0 Å². The van der Waals surface area contributed by atoms with Gasteiger partial charge in [-0.15, -0.1) is 0 Å². The summed E-state index contributed by atoms with van der Waals surface area (Å²) in [7, 11) is 0. The summed E-state index contributed by atoms with van der Waals surface area (Å²) in [6, 6.07) is 5.16. The van der Waals surface area contributed by atoms with Crippen molar-refractivity contribution >= 4 is 5.69 Å². The average Bonchev–Trinajstić information content (AvgIpc) is 2.32. The van der Waals surface area contributed by atoms with Crippen molar-refractivity contribution in [1.82, 2.24) is 4.98 Å². The van der Waals surface area contributed by atoms with Crippen LogP contribution in [0.2, 0.25) is 0 Å². The van der Waals surface area contributed by atoms with Crippen molar-refractivity contribution in [3.8, 4) is 5.75 Å². The molecule has 0 aliphatic heterocycles. The number of aromatic nitrogens is 1. The Morgan fingerprint density at radius 2 is 1.94 bits per heavy atom. The van der Waals surface area contributed by atoms with Gasteiger partial charge in [-0.2, -0.15) is 0 Å². The zero-order valence-corrected chi connectivity index (χ0v) is 10.4. The second-order valence-corrected chi connectivity index (χ2v) is 4.27. The Bertz CT molecular complexity index is 570. The van der Waals surface area contributed by atoms with Crippen molar-refractivity contribution < 1.29 is 9.13 Å². The van der Waals surface area contributed by atoms with Crippen molar-refractivity contribution in [2.75, 3.05) is 5.73 Å². The van der Waals surface area contributed by atoms with Gasteiger partial charge in [-0.05, 0) is 31.0 Å². The quantitative estimate of drug-likeness (QED) is 0.847. The van der Waals surface area contributed by atoms with Gasteiger partial charge in [0.25, 0.3) is 0 Å². The Hall–Kier alpha value is -2.10. The van der Waals surface area contributed by atoms with Crippen LogP contribution in [-0.2, 0) is 6.61 Å². The van der Waals surface area contributed by atoms with E-state index in [1.54, 1.807) is 12.3 Å². The van der Waals surface area contributed by atoms with Gasteiger partial charge in [-0.1, -0.05) is 6.07 Å². The van der Waals surface area contributed by atoms with Crippen LogP contribution in [0.3, 0.4) is 0 Å². The standard InChI is InChI=1S/C14H15FN2O/c1-9-3-10(2)14(5-13(9)16)18-8-11-4-12(15)7-17-6-11/h3-7H,8,16H2,1-2H3. The zero-order chi connectivity index (χ0) is 13.1. The molecule has 2 N–H and O–H groups in total. The van der Waals surface area contributed by atoms with Gasteiger partial charge in [0.05, 0.1) is 6.20 Å². The minimum atomic E-state index is -0.365. The smallest absolute Gasteiger partial charge is 0.141 e. The van der Waals surface area contributed by atoms with Crippen molar-refractivity contribution in [2.45, 2.75) is 20.5 Å². The largest absolute Gasteiger partial charge is 0.488 e. The molecule has 3 nitrogen and oxygen atoms in total. The molecule has 4 heteroatoms. The van der Waals surface area contributed by atoms with Crippen molar-refractivity contribution in [3.63, 3.8) is 0 Å². The number of rotatable bonds is 3. The van der Waals surface area contributed by atoms with E-state index in [9.17, 15) is 4.39 Å². The van der Waals surface area contributed by atoms with Crippen molar-refractivity contribution in [1.29, 1.82) is 0 Å². The third kappa shape index (κ3) is 2.77. The van der Waals surface area contributed by atoms with E-state index in [0.717, 1.165) is 11.1 Å². The maximum Gasteiger partial charge on any atom is 0.141 e. The molecular weight excluding hydrogens is 231 g/mol. The van der Waals surface area contributed by atoms with Gasteiger partial charge in [0.1, 0.15) is 18.2 Å². The van der Waals surface area contributed by atoms with Gasteiger partial charge < -0.3 is 10.5 Å². The zero-order valence-electron chi connectivity index (χ0n) is 10.4. The number of halogens is 1. The summed E-state index contributed by atoms with van der Waals surface area (Å²) in [4.78, 5) is 3.77. The lowest BCUT2D eigenvalue weighted by Gasteiger charge is -2.11. The second kappa shape index (κ2) is 5.04. The van der Waals surface area contributed by atoms with E-state index in [1.165, 1.54) is 12.3 Å². The minimum absolute atomic E-state index is 0.272. The lowest BCUT2D eigenvalue weighted by molar-refractivity contribution is 0.303. The summed E-state index contributed by atoms with van der Waals surface area (Å²) in [6.07, 6.45) is 2.74. The molecule has 0 fully saturated rings. The van der Waals surface area contributed by atoms with Crippen LogP contribution in [0.1, 0.15) is 16.7 Å². The maximum absolute atomic E-state index is 13.0. The van der Waals surface area contributed by atoms with E-state index in [0.29, 0.717) is 17.0 Å². The molecule has 0 atom stereocenters. The van der Waals surface area contributed by atoms with Crippen LogP contribution in [0.4, 0.5) is 10.1 Å². The molecule has 0 bridgehead atoms. The second-order valence-electron chi connectivity index (χ2n) is 4.27. The van der Waals surface area contributed by atoms with Crippen molar-refractivity contribution in [3.05, 3.63) is 53.1 Å². The highest BCUT2D eigenvalue weighted by atomic mass is 19.1. The molecule has 0 unspecified atom stereocenters. The van der Waals surface area contributed by atoms with E-state index >= 15 is 0 Å². The Morgan fingerprint density at radius 1 is 1.17 bits per heavy atom. The number of hydrogen-bond acceptors (Lipinski definition) is 3. The first-order valence-corrected chi connectivity index (χ1v) is 5.65. The molecule has 2 rings (SSSR count). The number of pyridine rings is 1. The lowest BCUT2D eigenvalue weighted by atomic mass is 10.1. The van der Waals surface area contributed by atoms with E-state index < -0.39 is 0 Å². The highest BCUT2D eigenvalue weighted by molar-refractivity contribution is 5.54. The molecule has 0 saturated carbocycles. The Balaban J connectivity index is 2.13. The molecular formula is C14H15FN2O. The summed E-state index contributed by atoms with van der Waals surface area (Å²) in [6.45, 7) is 4.17. The average molecular weight is 246 g/mol. The van der Waals surface area contributed by atoms with Gasteiger partial charge in [-0.25, -0.2) is 4.39 Å². The summed E-state index contributed by atoms with van der Waals surface area (Å²) in [5.74, 6) is 0.346. The maximum atomic E-state index is 13.0. The SMILES string of the molecule is Cc1cc(C)c(OCc2cncc(F)c2)cc1N. The Morgan fingerprint density at radius 3 is 2.67 bits per heavy atom. The Labute approximate surface area is 105 Å². The van der Waals surface area contributed by atoms with Gasteiger partial charge in [0, 0.05) is 23.5 Å². The summed E-state index contributed by atoms with van der Waals surface area (Å²) < 4.78 is 18.6. The van der Waals surface area contributed by atoms with Crippen LogP contribution in [0.15, 0.2) is 30.6 Å². The molecule has 0 spiro atoms. The fourth-order valence-electron chi connectivity index (χ4n) is 1.70. The Kier molecular flexibility index (Phi) is 3.46. The molecule has 0 radical (unpaired) electrons. The molecule has 94 valence electrons. The lowest BCUT2D eigenvalue weighted by Crippen LogP contribution is -2.00. The molecule has 2 aromatic rings. The molecule has 18 heavy (non-hydrogen) atoms. The van der Waals surface area contributed by atoms with Crippen LogP contribution >= 0.6 is 0 Å². The number of ether oxygens (including phenoxy) is 1. The number of nitrogens with two attached hydrogens (primary N) is 1. The molecule has 1 aromatic heterocycles. The van der Waals surface area contributed by atoms with Gasteiger partial charge >= 0.3 is 0 Å². The fraction of sp³-hybridized carbons (Fsp3) is 0.214. The summed E-state index contributed by atoms with van der Waals surface area (Å²) in [5.41, 5.74) is 9.23. The molecule has 0 aliphatic carbocycles. The number of nitrogens with zero attached hydrogens (tertiary/aromatic N) is 1. The number of benzene rings is 1. The highest BCUT2D eigenvalue weighted by Crippen LogP contribution is 2.25. The van der Waals surface area contributed by atoms with Gasteiger partial charge in [-0.3, -0.25) is 4.98 Å². The highest BCUT2D eigenvalue weighted by Gasteiger charge is 2.04. The first kappa shape index (κ1) is 12.4. The minimum Gasteiger partial charge on any atom is -0.488 e. The molecule has 0 saturated heterocycles. The first-order valence-electron chi connectivity index (χ1n) is 5.65. The first-order chi connectivity index (χ1) is 8.56. The van der Waals surface area contributed by atoms with Crippen LogP contribution in [0, 0.1) is 19.7 Å². The third-order valence-electron chi connectivity index (χ3n) is 2.72.